The van der Waals surface area contributed by atoms with Crippen LogP contribution in [0.4, 0.5) is 15.6 Å². The standard InChI is InChI=1S/C68H79N11O12S/c1-41(2)58(76-55(81)14-8-7-11-25-70-54(80)23-24-57(83)84)61(86)71-32-56(82)73-46-19-15-43(16-20-46)33-90-64(89)78(6)26-27-91-68-37-65(4)34-66(5,38-68)36-67(35-65,39-68)40-79-42(3)49(31-72-79)47-21-22-51(74-59(47)62(87)88)44-17-18-45-29-69-30-50(48(45)28-44)60(85)77-63-75-52-12-9-10-13-53(52)92-63/h9-10,12-13,15-22,28-31,41,58H,7-8,11,14,23-27,32-40H2,1-6H3,(H,70,80)(H,71,86)(H,73,82)(H,76,81)(H,83,84)(H,87,88)(H,75,77,85)/t58-,65?,66?,67?,68?/m0/s1. The van der Waals surface area contributed by atoms with Crippen molar-refractivity contribution < 1.29 is 58.0 Å². The second kappa shape index (κ2) is 27.7. The number of likely N-dealkylation sites (N-methyl/N-ethyl adjacent to an activating group) is 1. The first-order chi connectivity index (χ1) is 43.9. The van der Waals surface area contributed by atoms with E-state index in [4.69, 9.17) is 24.7 Å². The lowest BCUT2D eigenvalue weighted by Gasteiger charge is -2.69. The van der Waals surface area contributed by atoms with Crippen molar-refractivity contribution in [3.05, 3.63) is 120 Å². The van der Waals surface area contributed by atoms with Gasteiger partial charge < -0.3 is 45.9 Å². The molecule has 0 spiro atoms. The van der Waals surface area contributed by atoms with Crippen LogP contribution in [0.3, 0.4) is 0 Å². The van der Waals surface area contributed by atoms with E-state index in [1.165, 1.54) is 22.4 Å². The maximum Gasteiger partial charge on any atom is 0.409 e. The van der Waals surface area contributed by atoms with Gasteiger partial charge in [0.2, 0.25) is 23.6 Å². The van der Waals surface area contributed by atoms with Gasteiger partial charge >= 0.3 is 18.0 Å². The highest BCUT2D eigenvalue weighted by Gasteiger charge is 2.66. The number of carbonyl (C=O) groups is 8. The molecule has 6 amide bonds. The van der Waals surface area contributed by atoms with Gasteiger partial charge in [-0.25, -0.2) is 19.6 Å². The highest BCUT2D eigenvalue weighted by Crippen LogP contribution is 2.72. The number of fused-ring (bicyclic) bond motifs is 2. The zero-order valence-corrected chi connectivity index (χ0v) is 53.5. The van der Waals surface area contributed by atoms with Crippen LogP contribution in [0.1, 0.15) is 137 Å². The molecule has 11 rings (SSSR count). The molecule has 0 aliphatic heterocycles. The van der Waals surface area contributed by atoms with Gasteiger partial charge in [-0.2, -0.15) is 5.10 Å². The first kappa shape index (κ1) is 65.8. The van der Waals surface area contributed by atoms with Gasteiger partial charge in [0.05, 0.1) is 52.8 Å². The molecule has 0 saturated heterocycles. The van der Waals surface area contributed by atoms with Gasteiger partial charge in [-0.15, -0.1) is 0 Å². The number of nitrogens with zero attached hydrogens (tertiary/aromatic N) is 6. The number of pyridine rings is 2. The Hall–Kier alpha value is -9.16. The number of carboxylic acids is 2. The molecular weight excluding hydrogens is 1190 g/mol. The molecule has 484 valence electrons. The monoisotopic (exact) mass is 1270 g/mol. The van der Waals surface area contributed by atoms with E-state index in [2.05, 4.69) is 50.4 Å². The zero-order chi connectivity index (χ0) is 65.5. The summed E-state index contributed by atoms with van der Waals surface area (Å²) in [5, 5.41) is 39.8. The molecule has 4 aliphatic rings. The lowest BCUT2D eigenvalue weighted by atomic mass is 9.39. The minimum atomic E-state index is -1.18. The summed E-state index contributed by atoms with van der Waals surface area (Å²) >= 11 is 1.38. The third kappa shape index (κ3) is 15.8. The highest BCUT2D eigenvalue weighted by atomic mass is 32.1. The van der Waals surface area contributed by atoms with E-state index in [1.54, 1.807) is 69.7 Å². The van der Waals surface area contributed by atoms with E-state index >= 15 is 0 Å². The van der Waals surface area contributed by atoms with E-state index in [1.807, 2.05) is 54.1 Å². The molecule has 4 aliphatic carbocycles. The summed E-state index contributed by atoms with van der Waals surface area (Å²) in [5.41, 5.74) is 4.64. The number of rotatable bonds is 28. The highest BCUT2D eigenvalue weighted by molar-refractivity contribution is 7.22. The fourth-order valence-electron chi connectivity index (χ4n) is 14.8. The molecule has 23 nitrogen and oxygen atoms in total. The summed E-state index contributed by atoms with van der Waals surface area (Å²) in [4.78, 5) is 116. The Bertz CT molecular complexity index is 3910. The minimum Gasteiger partial charge on any atom is -0.481 e. The van der Waals surface area contributed by atoms with Crippen molar-refractivity contribution >= 4 is 90.7 Å². The number of aromatic nitrogens is 5. The molecule has 2 unspecified atom stereocenters. The number of anilines is 2. The molecule has 7 N–H and O–H groups in total. The Morgan fingerprint density at radius 3 is 2.25 bits per heavy atom. The molecule has 4 bridgehead atoms. The SMILES string of the molecule is Cc1c(-c2ccc(-c3ccc4cncc(C(=O)Nc5nc6ccccc6s5)c4c3)nc2C(=O)O)cnn1CC12CC3(C)CC(C)(C1)CC(OCCN(C)C(=O)OCc1ccc(NC(=O)CNC(=O)[C@@H](NC(=O)CCCCCNC(=O)CCC(=O)O)C(C)C)cc1)(C3)C2. The molecule has 4 heterocycles. The number of hydrogen-bond donors (Lipinski definition) is 7. The third-order valence-electron chi connectivity index (χ3n) is 17.8. The Morgan fingerprint density at radius 2 is 1.52 bits per heavy atom. The summed E-state index contributed by atoms with van der Waals surface area (Å²) in [6.07, 6.45) is 11.7. The van der Waals surface area contributed by atoms with Gasteiger partial charge in [-0.05, 0) is 134 Å². The van der Waals surface area contributed by atoms with Gasteiger partial charge in [0, 0.05) is 85.4 Å². The number of carboxylic acid groups (broad SMARTS) is 2. The molecule has 92 heavy (non-hydrogen) atoms. The van der Waals surface area contributed by atoms with Crippen molar-refractivity contribution in [2.45, 2.75) is 136 Å². The number of ether oxygens (including phenoxy) is 2. The molecule has 3 atom stereocenters. The maximum absolute atomic E-state index is 13.7. The van der Waals surface area contributed by atoms with Gasteiger partial charge in [0.25, 0.3) is 5.91 Å². The molecule has 4 fully saturated rings. The first-order valence-electron chi connectivity index (χ1n) is 31.2. The van der Waals surface area contributed by atoms with Crippen LogP contribution in [-0.4, -0.2) is 132 Å². The number of aromatic carboxylic acids is 1. The van der Waals surface area contributed by atoms with Crippen molar-refractivity contribution in [2.75, 3.05) is 43.9 Å². The summed E-state index contributed by atoms with van der Waals surface area (Å²) < 4.78 is 15.6. The smallest absolute Gasteiger partial charge is 0.409 e. The summed E-state index contributed by atoms with van der Waals surface area (Å²) in [5.74, 6) is -4.48. The van der Waals surface area contributed by atoms with Gasteiger partial charge in [-0.3, -0.25) is 43.7 Å². The van der Waals surface area contributed by atoms with Crippen LogP contribution >= 0.6 is 11.3 Å². The molecule has 7 aromatic rings. The van der Waals surface area contributed by atoms with E-state index in [-0.39, 0.29) is 78.0 Å². The molecule has 0 radical (unpaired) electrons. The van der Waals surface area contributed by atoms with Crippen molar-refractivity contribution in [2.24, 2.45) is 22.2 Å². The molecule has 4 aromatic heterocycles. The lowest BCUT2D eigenvalue weighted by molar-refractivity contribution is -0.248. The summed E-state index contributed by atoms with van der Waals surface area (Å²) in [6, 6.07) is 22.7. The lowest BCUT2D eigenvalue weighted by Crippen LogP contribution is -2.64. The van der Waals surface area contributed by atoms with Crippen LogP contribution in [0.2, 0.25) is 0 Å². The fourth-order valence-corrected chi connectivity index (χ4v) is 15.6. The number of amides is 6. The minimum absolute atomic E-state index is 0.0111. The van der Waals surface area contributed by atoms with Crippen LogP contribution in [0.5, 0.6) is 0 Å². The Labute approximate surface area is 536 Å². The number of nitrogens with one attached hydrogen (secondary N) is 5. The second-order valence-corrected chi connectivity index (χ2v) is 27.3. The van der Waals surface area contributed by atoms with Crippen LogP contribution in [0.25, 0.3) is 43.4 Å². The fraction of sp³-hybridized carbons (Fsp3) is 0.441. The summed E-state index contributed by atoms with van der Waals surface area (Å²) in [6.45, 7) is 11.5. The largest absolute Gasteiger partial charge is 0.481 e. The van der Waals surface area contributed by atoms with E-state index in [0.717, 1.165) is 59.8 Å². The third-order valence-corrected chi connectivity index (χ3v) is 18.8. The van der Waals surface area contributed by atoms with E-state index < -0.39 is 41.5 Å². The number of aliphatic carboxylic acids is 1. The van der Waals surface area contributed by atoms with Crippen LogP contribution in [-0.2, 0) is 46.6 Å². The molecule has 3 aromatic carbocycles. The zero-order valence-electron chi connectivity index (χ0n) is 52.7. The van der Waals surface area contributed by atoms with Crippen LogP contribution in [0, 0.1) is 29.1 Å². The normalized spacial score (nSPS) is 19.9. The van der Waals surface area contributed by atoms with Crippen molar-refractivity contribution in [3.63, 3.8) is 0 Å². The quantitative estimate of drug-likeness (QED) is 0.0224. The van der Waals surface area contributed by atoms with Gasteiger partial charge in [0.1, 0.15) is 12.6 Å². The predicted octanol–water partition coefficient (Wildman–Crippen LogP) is 10.2. The van der Waals surface area contributed by atoms with Crippen molar-refractivity contribution in [1.29, 1.82) is 0 Å². The first-order valence-corrected chi connectivity index (χ1v) is 32.0. The Balaban J connectivity index is 0.692. The second-order valence-electron chi connectivity index (χ2n) is 26.3. The number of hydrogen-bond acceptors (Lipinski definition) is 15. The molecule has 24 heteroatoms. The number of carbonyl (C=O) groups excluding carboxylic acids is 6. The van der Waals surface area contributed by atoms with Crippen molar-refractivity contribution in [1.82, 2.24) is 45.6 Å². The maximum atomic E-state index is 13.7. The van der Waals surface area contributed by atoms with Gasteiger partial charge in [0.15, 0.2) is 10.8 Å². The molecule has 4 saturated carbocycles. The van der Waals surface area contributed by atoms with Crippen LogP contribution in [0.15, 0.2) is 97.5 Å². The van der Waals surface area contributed by atoms with Gasteiger partial charge in [-0.1, -0.05) is 81.9 Å². The summed E-state index contributed by atoms with van der Waals surface area (Å²) in [7, 11) is 1.68. The van der Waals surface area contributed by atoms with E-state index in [0.29, 0.717) is 95.2 Å². The number of thiazole rings is 1. The van der Waals surface area contributed by atoms with Crippen molar-refractivity contribution in [3.8, 4) is 22.4 Å². The number of unbranched alkanes of at least 4 members (excludes halogenated alkanes) is 2. The van der Waals surface area contributed by atoms with E-state index in [9.17, 15) is 43.5 Å². The van der Waals surface area contributed by atoms with Crippen LogP contribution < -0.4 is 26.6 Å². The predicted molar refractivity (Wildman–Crippen MR) is 347 cm³/mol. The average molecular weight is 1270 g/mol. The molecular formula is C68H79N11O12S. The number of benzene rings is 3. The topological polar surface area (TPSA) is 315 Å². The Kier molecular flexibility index (Phi) is 19.8. The average Bonchev–Trinajstić information content (AvgIpc) is 0.748. The Morgan fingerprint density at radius 1 is 0.761 bits per heavy atom. The number of para-hydroxylation sites is 1.